The number of aromatic nitrogens is 2. The molecule has 1 amide bonds. The van der Waals surface area contributed by atoms with Crippen molar-refractivity contribution in [3.63, 3.8) is 0 Å². The summed E-state index contributed by atoms with van der Waals surface area (Å²) in [5.41, 5.74) is 0.0709. The zero-order valence-electron chi connectivity index (χ0n) is 18.2. The molecule has 1 aromatic carbocycles. The summed E-state index contributed by atoms with van der Waals surface area (Å²) in [4.78, 5) is 28.4. The SMILES string of the molecule is CC1(CC(=O)O)CC(C)(NC(=O)c2cncc3ccn(Cc4ccc(C(F)(F)F)cc4)c23)C1. The maximum Gasteiger partial charge on any atom is 0.416 e. The highest BCUT2D eigenvalue weighted by Gasteiger charge is 2.50. The highest BCUT2D eigenvalue weighted by molar-refractivity contribution is 6.05. The van der Waals surface area contributed by atoms with Gasteiger partial charge >= 0.3 is 12.1 Å². The number of carbonyl (C=O) groups is 2. The number of hydrogen-bond donors (Lipinski definition) is 2. The van der Waals surface area contributed by atoms with Crippen LogP contribution >= 0.6 is 0 Å². The van der Waals surface area contributed by atoms with Crippen LogP contribution in [0.15, 0.2) is 48.9 Å². The number of amides is 1. The summed E-state index contributed by atoms with van der Waals surface area (Å²) < 4.78 is 40.3. The minimum atomic E-state index is -4.40. The standard InChI is InChI=1S/C24H24F3N3O3/c1-22(9-19(31)32)13-23(2,14-22)29-21(33)18-11-28-10-16-7-8-30(20(16)18)12-15-3-5-17(6-4-15)24(25,26)27/h3-8,10-11H,9,12-14H2,1-2H3,(H,29,33)(H,31,32). The minimum absolute atomic E-state index is 0.0472. The van der Waals surface area contributed by atoms with Gasteiger partial charge in [-0.1, -0.05) is 19.1 Å². The van der Waals surface area contributed by atoms with Crippen LogP contribution in [0.3, 0.4) is 0 Å². The zero-order valence-corrected chi connectivity index (χ0v) is 18.2. The second-order valence-corrected chi connectivity index (χ2v) is 9.51. The van der Waals surface area contributed by atoms with Crippen molar-refractivity contribution in [2.45, 2.75) is 51.4 Å². The highest BCUT2D eigenvalue weighted by atomic mass is 19.4. The molecule has 0 atom stereocenters. The van der Waals surface area contributed by atoms with Gasteiger partial charge in [-0.15, -0.1) is 0 Å². The monoisotopic (exact) mass is 459 g/mol. The predicted octanol–water partition coefficient (Wildman–Crippen LogP) is 4.87. The summed E-state index contributed by atoms with van der Waals surface area (Å²) in [5, 5.41) is 12.9. The molecule has 2 heterocycles. The van der Waals surface area contributed by atoms with Gasteiger partial charge in [-0.25, -0.2) is 0 Å². The van der Waals surface area contributed by atoms with Crippen LogP contribution in [0, 0.1) is 5.41 Å². The molecule has 1 saturated carbocycles. The summed E-state index contributed by atoms with van der Waals surface area (Å²) in [7, 11) is 0. The fraction of sp³-hybridized carbons (Fsp3) is 0.375. The van der Waals surface area contributed by atoms with Crippen LogP contribution in [0.5, 0.6) is 0 Å². The van der Waals surface area contributed by atoms with Crippen molar-refractivity contribution in [3.05, 3.63) is 65.6 Å². The fourth-order valence-electron chi connectivity index (χ4n) is 5.20. The van der Waals surface area contributed by atoms with Gasteiger partial charge in [0.1, 0.15) is 0 Å². The Balaban J connectivity index is 1.55. The number of aliphatic carboxylic acids is 1. The first kappa shape index (κ1) is 22.8. The molecule has 4 rings (SSSR count). The van der Waals surface area contributed by atoms with Gasteiger partial charge in [0.05, 0.1) is 23.1 Å². The lowest BCUT2D eigenvalue weighted by atomic mass is 9.57. The van der Waals surface area contributed by atoms with E-state index in [0.717, 1.165) is 17.5 Å². The number of benzene rings is 1. The summed E-state index contributed by atoms with van der Waals surface area (Å²) in [6.07, 6.45) is 1.63. The molecular weight excluding hydrogens is 435 g/mol. The minimum Gasteiger partial charge on any atom is -0.481 e. The van der Waals surface area contributed by atoms with Crippen LogP contribution in [-0.4, -0.2) is 32.1 Å². The van der Waals surface area contributed by atoms with Gasteiger partial charge in [-0.2, -0.15) is 13.2 Å². The summed E-state index contributed by atoms with van der Waals surface area (Å²) in [6, 6.07) is 6.74. The lowest BCUT2D eigenvalue weighted by Gasteiger charge is -2.52. The van der Waals surface area contributed by atoms with E-state index in [-0.39, 0.29) is 17.7 Å². The summed E-state index contributed by atoms with van der Waals surface area (Å²) in [5.74, 6) is -1.18. The number of halogens is 3. The lowest BCUT2D eigenvalue weighted by molar-refractivity contribution is -0.142. The van der Waals surface area contributed by atoms with E-state index in [9.17, 15) is 22.8 Å². The first-order valence-corrected chi connectivity index (χ1v) is 10.5. The average molecular weight is 459 g/mol. The molecule has 0 saturated heterocycles. The Labute approximate surface area is 188 Å². The molecule has 2 aromatic heterocycles. The highest BCUT2D eigenvalue weighted by Crippen LogP contribution is 2.50. The molecule has 1 aliphatic carbocycles. The summed E-state index contributed by atoms with van der Waals surface area (Å²) in [6.45, 7) is 4.08. The fourth-order valence-corrected chi connectivity index (χ4v) is 5.20. The van der Waals surface area contributed by atoms with E-state index in [1.165, 1.54) is 18.3 Å². The molecule has 2 N–H and O–H groups in total. The maximum atomic E-state index is 13.2. The molecule has 174 valence electrons. The Hall–Kier alpha value is -3.36. The van der Waals surface area contributed by atoms with Crippen molar-refractivity contribution in [1.29, 1.82) is 0 Å². The molecule has 33 heavy (non-hydrogen) atoms. The molecule has 0 spiro atoms. The van der Waals surface area contributed by atoms with Crippen molar-refractivity contribution >= 4 is 22.8 Å². The largest absolute Gasteiger partial charge is 0.481 e. The van der Waals surface area contributed by atoms with Gasteiger partial charge in [0.25, 0.3) is 5.91 Å². The molecule has 9 heteroatoms. The number of carbonyl (C=O) groups excluding carboxylic acids is 1. The summed E-state index contributed by atoms with van der Waals surface area (Å²) >= 11 is 0. The van der Waals surface area contributed by atoms with E-state index in [1.807, 2.05) is 18.4 Å². The molecular formula is C24H24F3N3O3. The Morgan fingerprint density at radius 3 is 2.39 bits per heavy atom. The second-order valence-electron chi connectivity index (χ2n) is 9.51. The van der Waals surface area contributed by atoms with Gasteiger partial charge in [-0.05, 0) is 48.9 Å². The number of hydrogen-bond acceptors (Lipinski definition) is 3. The van der Waals surface area contributed by atoms with Crippen molar-refractivity contribution < 1.29 is 27.9 Å². The zero-order chi connectivity index (χ0) is 24.0. The smallest absolute Gasteiger partial charge is 0.416 e. The first-order valence-electron chi connectivity index (χ1n) is 10.5. The van der Waals surface area contributed by atoms with E-state index >= 15 is 0 Å². The quantitative estimate of drug-likeness (QED) is 0.551. The van der Waals surface area contributed by atoms with Crippen LogP contribution in [0.2, 0.25) is 0 Å². The molecule has 1 fully saturated rings. The number of fused-ring (bicyclic) bond motifs is 1. The van der Waals surface area contributed by atoms with Crippen LogP contribution < -0.4 is 5.32 Å². The molecule has 6 nitrogen and oxygen atoms in total. The van der Waals surface area contributed by atoms with Crippen molar-refractivity contribution in [3.8, 4) is 0 Å². The van der Waals surface area contributed by atoms with E-state index in [4.69, 9.17) is 5.11 Å². The molecule has 0 unspecified atom stereocenters. The van der Waals surface area contributed by atoms with E-state index < -0.39 is 23.2 Å². The molecule has 0 aliphatic heterocycles. The first-order chi connectivity index (χ1) is 15.4. The second kappa shape index (κ2) is 7.90. The van der Waals surface area contributed by atoms with E-state index in [0.29, 0.717) is 36.0 Å². The van der Waals surface area contributed by atoms with Gasteiger partial charge in [0.15, 0.2) is 0 Å². The van der Waals surface area contributed by atoms with E-state index in [2.05, 4.69) is 10.3 Å². The third-order valence-corrected chi connectivity index (χ3v) is 6.17. The van der Waals surface area contributed by atoms with Gasteiger partial charge in [0, 0.05) is 36.1 Å². The Morgan fingerprint density at radius 1 is 1.12 bits per heavy atom. The number of nitrogens with zero attached hydrogens (tertiary/aromatic N) is 2. The van der Waals surface area contributed by atoms with E-state index in [1.54, 1.807) is 18.5 Å². The number of rotatable bonds is 6. The van der Waals surface area contributed by atoms with Crippen molar-refractivity contribution in [2.24, 2.45) is 5.41 Å². The molecule has 1 aliphatic rings. The Kier molecular flexibility index (Phi) is 5.46. The van der Waals surface area contributed by atoms with Gasteiger partial charge < -0.3 is 15.0 Å². The van der Waals surface area contributed by atoms with Crippen LogP contribution in [-0.2, 0) is 17.5 Å². The number of alkyl halides is 3. The molecule has 0 radical (unpaired) electrons. The molecule has 0 bridgehead atoms. The average Bonchev–Trinajstić information content (AvgIpc) is 3.08. The number of carboxylic acids is 1. The lowest BCUT2D eigenvalue weighted by Crippen LogP contribution is -2.59. The molecule has 3 aromatic rings. The van der Waals surface area contributed by atoms with Crippen LogP contribution in [0.4, 0.5) is 13.2 Å². The van der Waals surface area contributed by atoms with Crippen LogP contribution in [0.1, 0.15) is 54.6 Å². The van der Waals surface area contributed by atoms with Crippen molar-refractivity contribution in [2.75, 3.05) is 0 Å². The third-order valence-electron chi connectivity index (χ3n) is 6.17. The topological polar surface area (TPSA) is 84.2 Å². The third kappa shape index (κ3) is 4.72. The Bertz CT molecular complexity index is 1210. The van der Waals surface area contributed by atoms with Crippen molar-refractivity contribution in [1.82, 2.24) is 14.9 Å². The predicted molar refractivity (Wildman–Crippen MR) is 116 cm³/mol. The number of carboxylic acid groups (broad SMARTS) is 1. The number of pyridine rings is 1. The Morgan fingerprint density at radius 2 is 1.79 bits per heavy atom. The maximum absolute atomic E-state index is 13.2. The van der Waals surface area contributed by atoms with Gasteiger partial charge in [0.2, 0.25) is 0 Å². The normalized spacial score (nSPS) is 22.7. The van der Waals surface area contributed by atoms with Crippen LogP contribution in [0.25, 0.3) is 10.9 Å². The number of nitrogens with one attached hydrogen (secondary N) is 1. The van der Waals surface area contributed by atoms with Gasteiger partial charge in [-0.3, -0.25) is 14.6 Å².